The lowest BCUT2D eigenvalue weighted by Crippen LogP contribution is -2.13. The monoisotopic (exact) mass is 336 g/mol. The summed E-state index contributed by atoms with van der Waals surface area (Å²) in [6.07, 6.45) is 6.99. The first-order valence-corrected chi connectivity index (χ1v) is 7.55. The summed E-state index contributed by atoms with van der Waals surface area (Å²) in [5, 5.41) is 16.0. The number of carboxylic acids is 1. The molecule has 2 heterocycles. The van der Waals surface area contributed by atoms with Crippen molar-refractivity contribution in [2.75, 3.05) is 0 Å². The van der Waals surface area contributed by atoms with Crippen LogP contribution in [0.5, 0.6) is 0 Å². The molecular formula is C17H16N6O2. The maximum Gasteiger partial charge on any atom is 0.303 e. The van der Waals surface area contributed by atoms with Crippen molar-refractivity contribution in [3.05, 3.63) is 60.6 Å². The topological polar surface area (TPSA) is 131 Å². The maximum absolute atomic E-state index is 10.6. The summed E-state index contributed by atoms with van der Waals surface area (Å²) >= 11 is 0. The first-order valence-electron chi connectivity index (χ1n) is 7.55. The van der Waals surface area contributed by atoms with E-state index < -0.39 is 5.97 Å². The fourth-order valence-corrected chi connectivity index (χ4v) is 2.29. The molecule has 0 fully saturated rings. The van der Waals surface area contributed by atoms with E-state index in [1.165, 1.54) is 6.20 Å². The van der Waals surface area contributed by atoms with Gasteiger partial charge in [0.05, 0.1) is 36.5 Å². The highest BCUT2D eigenvalue weighted by Crippen LogP contribution is 2.19. The standard InChI is InChI=1S/C17H16N6O2/c18-17(19)15-8-20-14(7-21-15)11-1-4-13(5-2-11)23-9-12(22-10-23)3-6-16(24)25/h1-2,4-5,7-10H,3,6H2,(H3,18,19)(H,24,25). The van der Waals surface area contributed by atoms with Crippen LogP contribution in [0.25, 0.3) is 16.9 Å². The van der Waals surface area contributed by atoms with Crippen LogP contribution < -0.4 is 5.73 Å². The lowest BCUT2D eigenvalue weighted by atomic mass is 10.1. The number of amidine groups is 1. The van der Waals surface area contributed by atoms with E-state index in [0.717, 1.165) is 16.9 Å². The second-order valence-electron chi connectivity index (χ2n) is 5.41. The van der Waals surface area contributed by atoms with Gasteiger partial charge in [-0.3, -0.25) is 15.2 Å². The van der Waals surface area contributed by atoms with E-state index in [4.69, 9.17) is 16.2 Å². The molecule has 126 valence electrons. The minimum Gasteiger partial charge on any atom is -0.481 e. The highest BCUT2D eigenvalue weighted by molar-refractivity contribution is 5.92. The van der Waals surface area contributed by atoms with Crippen LogP contribution in [0, 0.1) is 5.41 Å². The predicted octanol–water partition coefficient (Wildman–Crippen LogP) is 1.63. The molecule has 0 radical (unpaired) electrons. The highest BCUT2D eigenvalue weighted by Gasteiger charge is 2.06. The number of rotatable bonds is 6. The van der Waals surface area contributed by atoms with Gasteiger partial charge in [-0.05, 0) is 12.1 Å². The molecule has 0 unspecified atom stereocenters. The molecule has 1 aromatic carbocycles. The molecule has 0 atom stereocenters. The first-order chi connectivity index (χ1) is 12.0. The fourth-order valence-electron chi connectivity index (χ4n) is 2.29. The lowest BCUT2D eigenvalue weighted by molar-refractivity contribution is -0.136. The molecule has 0 saturated carbocycles. The molecule has 0 spiro atoms. The van der Waals surface area contributed by atoms with Crippen molar-refractivity contribution in [1.82, 2.24) is 19.5 Å². The third kappa shape index (κ3) is 3.86. The first kappa shape index (κ1) is 16.3. The molecule has 8 heteroatoms. The third-order valence-corrected chi connectivity index (χ3v) is 3.62. The van der Waals surface area contributed by atoms with Gasteiger partial charge in [0.1, 0.15) is 11.5 Å². The van der Waals surface area contributed by atoms with Crippen LogP contribution in [-0.4, -0.2) is 36.4 Å². The molecule has 3 aromatic rings. The van der Waals surface area contributed by atoms with E-state index in [-0.39, 0.29) is 12.3 Å². The SMILES string of the molecule is N=C(N)c1cnc(-c2ccc(-n3cnc(CCC(=O)O)c3)cc2)cn1. The van der Waals surface area contributed by atoms with E-state index >= 15 is 0 Å². The largest absolute Gasteiger partial charge is 0.481 e. The summed E-state index contributed by atoms with van der Waals surface area (Å²) < 4.78 is 1.84. The number of benzene rings is 1. The molecule has 4 N–H and O–H groups in total. The molecule has 0 aliphatic rings. The number of carbonyl (C=O) groups is 1. The molecule has 0 bridgehead atoms. The van der Waals surface area contributed by atoms with Crippen LogP contribution in [0.2, 0.25) is 0 Å². The van der Waals surface area contributed by atoms with Gasteiger partial charge >= 0.3 is 5.97 Å². The van der Waals surface area contributed by atoms with Gasteiger partial charge in [0.25, 0.3) is 0 Å². The predicted molar refractivity (Wildman–Crippen MR) is 91.6 cm³/mol. The Morgan fingerprint density at radius 2 is 1.92 bits per heavy atom. The number of hydrogen-bond acceptors (Lipinski definition) is 5. The summed E-state index contributed by atoms with van der Waals surface area (Å²) in [5.74, 6) is -0.955. The smallest absolute Gasteiger partial charge is 0.303 e. The molecule has 0 aliphatic heterocycles. The van der Waals surface area contributed by atoms with Crippen LogP contribution in [0.1, 0.15) is 17.8 Å². The Labute approximate surface area is 143 Å². The van der Waals surface area contributed by atoms with Gasteiger partial charge in [0.2, 0.25) is 0 Å². The zero-order chi connectivity index (χ0) is 17.8. The maximum atomic E-state index is 10.6. The van der Waals surface area contributed by atoms with Crippen molar-refractivity contribution in [1.29, 1.82) is 5.41 Å². The minimum atomic E-state index is -0.837. The van der Waals surface area contributed by atoms with Crippen molar-refractivity contribution in [3.63, 3.8) is 0 Å². The van der Waals surface area contributed by atoms with E-state index in [2.05, 4.69) is 15.0 Å². The van der Waals surface area contributed by atoms with Crippen molar-refractivity contribution in [3.8, 4) is 16.9 Å². The Hall–Kier alpha value is -3.55. The quantitative estimate of drug-likeness (QED) is 0.463. The zero-order valence-electron chi connectivity index (χ0n) is 13.3. The van der Waals surface area contributed by atoms with Gasteiger partial charge in [0.15, 0.2) is 0 Å². The summed E-state index contributed by atoms with van der Waals surface area (Å²) in [6, 6.07) is 7.64. The molecule has 0 amide bonds. The molecule has 25 heavy (non-hydrogen) atoms. The number of nitrogens with one attached hydrogen (secondary N) is 1. The van der Waals surface area contributed by atoms with Gasteiger partial charge < -0.3 is 15.4 Å². The molecule has 8 nitrogen and oxygen atoms in total. The van der Waals surface area contributed by atoms with Crippen LogP contribution >= 0.6 is 0 Å². The lowest BCUT2D eigenvalue weighted by Gasteiger charge is -2.05. The molecule has 3 rings (SSSR count). The normalized spacial score (nSPS) is 10.6. The Bertz CT molecular complexity index is 900. The van der Waals surface area contributed by atoms with Crippen LogP contribution in [0.4, 0.5) is 0 Å². The van der Waals surface area contributed by atoms with Crippen LogP contribution in [0.3, 0.4) is 0 Å². The van der Waals surface area contributed by atoms with E-state index in [1.54, 1.807) is 12.5 Å². The van der Waals surface area contributed by atoms with Crippen molar-refractivity contribution >= 4 is 11.8 Å². The molecule has 0 saturated heterocycles. The number of carboxylic acid groups (broad SMARTS) is 1. The van der Waals surface area contributed by atoms with Crippen LogP contribution in [0.15, 0.2) is 49.2 Å². The van der Waals surface area contributed by atoms with Crippen LogP contribution in [-0.2, 0) is 11.2 Å². The van der Waals surface area contributed by atoms with E-state index in [1.807, 2.05) is 35.0 Å². The number of aromatic nitrogens is 4. The average Bonchev–Trinajstić information content (AvgIpc) is 3.09. The van der Waals surface area contributed by atoms with Gasteiger partial charge in [-0.2, -0.15) is 0 Å². The molecule has 2 aromatic heterocycles. The van der Waals surface area contributed by atoms with Gasteiger partial charge in [0, 0.05) is 23.9 Å². The number of hydrogen-bond donors (Lipinski definition) is 3. The number of imidazole rings is 1. The average molecular weight is 336 g/mol. The minimum absolute atomic E-state index is 0.0604. The van der Waals surface area contributed by atoms with Gasteiger partial charge in [-0.25, -0.2) is 9.97 Å². The van der Waals surface area contributed by atoms with Gasteiger partial charge in [-0.1, -0.05) is 12.1 Å². The summed E-state index contributed by atoms with van der Waals surface area (Å²) in [7, 11) is 0. The Morgan fingerprint density at radius 3 is 2.52 bits per heavy atom. The number of aryl methyl sites for hydroxylation is 1. The Balaban J connectivity index is 1.76. The molecule has 0 aliphatic carbocycles. The summed E-state index contributed by atoms with van der Waals surface area (Å²) in [5.41, 5.74) is 8.92. The second-order valence-corrected chi connectivity index (χ2v) is 5.41. The number of nitrogen functional groups attached to an aromatic ring is 1. The van der Waals surface area contributed by atoms with Crippen molar-refractivity contribution < 1.29 is 9.90 Å². The highest BCUT2D eigenvalue weighted by atomic mass is 16.4. The Morgan fingerprint density at radius 1 is 1.16 bits per heavy atom. The van der Waals surface area contributed by atoms with E-state index in [0.29, 0.717) is 17.8 Å². The number of nitrogens with zero attached hydrogens (tertiary/aromatic N) is 4. The third-order valence-electron chi connectivity index (χ3n) is 3.62. The Kier molecular flexibility index (Phi) is 4.51. The fraction of sp³-hybridized carbons (Fsp3) is 0.118. The number of nitrogens with two attached hydrogens (primary N) is 1. The van der Waals surface area contributed by atoms with Crippen molar-refractivity contribution in [2.24, 2.45) is 5.73 Å². The molecular weight excluding hydrogens is 320 g/mol. The number of aliphatic carboxylic acids is 1. The summed E-state index contributed by atoms with van der Waals surface area (Å²) in [6.45, 7) is 0. The van der Waals surface area contributed by atoms with Crippen molar-refractivity contribution in [2.45, 2.75) is 12.8 Å². The van der Waals surface area contributed by atoms with Gasteiger partial charge in [-0.15, -0.1) is 0 Å². The van der Waals surface area contributed by atoms with E-state index in [9.17, 15) is 4.79 Å². The second kappa shape index (κ2) is 6.91. The summed E-state index contributed by atoms with van der Waals surface area (Å²) in [4.78, 5) is 23.2. The zero-order valence-corrected chi connectivity index (χ0v) is 13.3.